The molecule has 19 heavy (non-hydrogen) atoms. The van der Waals surface area contributed by atoms with Gasteiger partial charge in [-0.15, -0.1) is 0 Å². The summed E-state index contributed by atoms with van der Waals surface area (Å²) in [7, 11) is 4.37. The van der Waals surface area contributed by atoms with E-state index in [9.17, 15) is 0 Å². The van der Waals surface area contributed by atoms with Crippen LogP contribution in [0.3, 0.4) is 0 Å². The van der Waals surface area contributed by atoms with Crippen molar-refractivity contribution in [2.24, 2.45) is 0 Å². The Bertz CT molecular complexity index is 223. The zero-order valence-electron chi connectivity index (χ0n) is 13.7. The van der Waals surface area contributed by atoms with Crippen LogP contribution in [0.15, 0.2) is 0 Å². The molecule has 0 amide bonds. The highest BCUT2D eigenvalue weighted by molar-refractivity contribution is 6.55. The van der Waals surface area contributed by atoms with E-state index in [1.807, 2.05) is 0 Å². The minimum Gasteiger partial charge on any atom is -0.384 e. The van der Waals surface area contributed by atoms with E-state index in [2.05, 4.69) is 41.6 Å². The second-order valence-corrected chi connectivity index (χ2v) is 9.40. The van der Waals surface area contributed by atoms with E-state index in [0.29, 0.717) is 0 Å². The third kappa shape index (κ3) is 7.11. The van der Waals surface area contributed by atoms with Crippen molar-refractivity contribution < 1.29 is 0 Å². The Morgan fingerprint density at radius 3 is 2.47 bits per heavy atom. The van der Waals surface area contributed by atoms with Crippen molar-refractivity contribution in [3.05, 3.63) is 0 Å². The first-order valence-corrected chi connectivity index (χ1v) is 10.4. The van der Waals surface area contributed by atoms with Crippen LogP contribution in [0, 0.1) is 0 Å². The maximum atomic E-state index is 2.85. The van der Waals surface area contributed by atoms with Gasteiger partial charge in [0, 0.05) is 6.54 Å². The average molecular weight is 283 g/mol. The monoisotopic (exact) mass is 283 g/mol. The maximum Gasteiger partial charge on any atom is 0.374 e. The van der Waals surface area contributed by atoms with Gasteiger partial charge in [-0.1, -0.05) is 30.8 Å². The number of unbranched alkanes of at least 4 members (excludes halogenated alkanes) is 1. The predicted molar refractivity (Wildman–Crippen MR) is 87.1 cm³/mol. The molecule has 4 heteroatoms. The molecule has 0 radical (unpaired) electrons. The second-order valence-electron chi connectivity index (χ2n) is 6.21. The number of rotatable bonds is 8. The smallest absolute Gasteiger partial charge is 0.374 e. The van der Waals surface area contributed by atoms with Crippen molar-refractivity contribution >= 4 is 14.4 Å². The van der Waals surface area contributed by atoms with Crippen LogP contribution in [0.5, 0.6) is 0 Å². The fraction of sp³-hybridized carbons (Fsp3) is 1.00. The highest BCUT2D eigenvalue weighted by Gasteiger charge is 2.28. The summed E-state index contributed by atoms with van der Waals surface area (Å²) in [6.07, 6.45) is 4.13. The summed E-state index contributed by atoms with van der Waals surface area (Å²) < 4.78 is 2.85. The van der Waals surface area contributed by atoms with Crippen LogP contribution in [0.25, 0.3) is 0 Å². The van der Waals surface area contributed by atoms with Crippen molar-refractivity contribution in [2.45, 2.75) is 43.7 Å². The first-order chi connectivity index (χ1) is 9.17. The van der Waals surface area contributed by atoms with Crippen LogP contribution in [-0.4, -0.2) is 81.4 Å². The summed E-state index contributed by atoms with van der Waals surface area (Å²) in [6.45, 7) is 12.5. The van der Waals surface area contributed by atoms with Gasteiger partial charge >= 0.3 is 14.4 Å². The number of likely N-dealkylation sites (N-methyl/N-ethyl adjacent to an activating group) is 1. The third-order valence-electron chi connectivity index (χ3n) is 4.34. The van der Waals surface area contributed by atoms with Crippen LogP contribution in [0.4, 0.5) is 0 Å². The Kier molecular flexibility index (Phi) is 9.36. The fourth-order valence-electron chi connectivity index (χ4n) is 3.17. The molecule has 1 heterocycles. The maximum absolute atomic E-state index is 2.85. The van der Waals surface area contributed by atoms with Crippen LogP contribution in [0.1, 0.15) is 33.1 Å². The Morgan fingerprint density at radius 2 is 1.84 bits per heavy atom. The average Bonchev–Trinajstić information content (AvgIpc) is 2.57. The van der Waals surface area contributed by atoms with Gasteiger partial charge < -0.3 is 13.7 Å². The first-order valence-electron chi connectivity index (χ1n) is 8.28. The van der Waals surface area contributed by atoms with Gasteiger partial charge in [-0.25, -0.2) is 0 Å². The summed E-state index contributed by atoms with van der Waals surface area (Å²) >= 11 is -0.640. The van der Waals surface area contributed by atoms with Gasteiger partial charge in [-0.2, -0.15) is 0 Å². The number of hydrogen-bond donors (Lipinski definition) is 0. The van der Waals surface area contributed by atoms with Crippen molar-refractivity contribution in [1.82, 2.24) is 13.7 Å². The summed E-state index contributed by atoms with van der Waals surface area (Å²) in [6, 6.07) is 0. The number of hydrogen-bond acceptors (Lipinski definition) is 3. The molecular weight excluding hydrogens is 249 g/mol. The normalized spacial score (nSPS) is 19.1. The third-order valence-corrected chi connectivity index (χ3v) is 7.99. The topological polar surface area (TPSA) is 9.72 Å². The van der Waals surface area contributed by atoms with Gasteiger partial charge in [-0.05, 0) is 59.7 Å². The molecule has 1 saturated heterocycles. The van der Waals surface area contributed by atoms with E-state index >= 15 is 0 Å². The van der Waals surface area contributed by atoms with Crippen LogP contribution in [0.2, 0.25) is 10.6 Å². The molecular formula is C15H34AlN3. The highest BCUT2D eigenvalue weighted by Crippen LogP contribution is 2.15. The van der Waals surface area contributed by atoms with Crippen molar-refractivity contribution in [1.29, 1.82) is 0 Å². The molecule has 0 spiro atoms. The van der Waals surface area contributed by atoms with E-state index in [-0.39, 0.29) is 0 Å². The second kappa shape index (κ2) is 10.2. The highest BCUT2D eigenvalue weighted by atomic mass is 27.2. The Hall–Kier alpha value is 0.412. The minimum atomic E-state index is -0.640. The van der Waals surface area contributed by atoms with Gasteiger partial charge in [0.15, 0.2) is 0 Å². The van der Waals surface area contributed by atoms with Gasteiger partial charge in [0.25, 0.3) is 0 Å². The van der Waals surface area contributed by atoms with E-state index < -0.39 is 14.4 Å². The van der Waals surface area contributed by atoms with Crippen molar-refractivity contribution in [2.75, 3.05) is 53.4 Å². The lowest BCUT2D eigenvalue weighted by Gasteiger charge is -2.25. The molecule has 0 aromatic carbocycles. The first kappa shape index (κ1) is 17.5. The molecule has 112 valence electrons. The van der Waals surface area contributed by atoms with Crippen molar-refractivity contribution in [3.8, 4) is 0 Å². The fourth-order valence-corrected chi connectivity index (χ4v) is 6.61. The van der Waals surface area contributed by atoms with Gasteiger partial charge in [-0.3, -0.25) is 0 Å². The van der Waals surface area contributed by atoms with Gasteiger partial charge in [0.05, 0.1) is 0 Å². The van der Waals surface area contributed by atoms with E-state index in [0.717, 1.165) is 0 Å². The lowest BCUT2D eigenvalue weighted by Crippen LogP contribution is -2.39. The minimum absolute atomic E-state index is 0.640. The quantitative estimate of drug-likeness (QED) is 0.500. The molecule has 0 bridgehead atoms. The molecule has 0 unspecified atom stereocenters. The van der Waals surface area contributed by atoms with Crippen molar-refractivity contribution in [3.63, 3.8) is 0 Å². The largest absolute Gasteiger partial charge is 0.384 e. The van der Waals surface area contributed by atoms with Crippen LogP contribution < -0.4 is 0 Å². The standard InChI is InChI=1S/C9H20N2.C6H14N.Al/c1-4-8-11(6-3)9-7-10-5-2;1-4-5-6-7(2)3;/h3-9H2,1-2H3;1,4-6H2,2-3H3;/q-1;;+1. The zero-order chi connectivity index (χ0) is 14.1. The molecule has 0 atom stereocenters. The van der Waals surface area contributed by atoms with Gasteiger partial charge in [0.1, 0.15) is 0 Å². The van der Waals surface area contributed by atoms with Crippen LogP contribution >= 0.6 is 0 Å². The summed E-state index contributed by atoms with van der Waals surface area (Å²) in [5, 5.41) is 3.04. The molecule has 3 nitrogen and oxygen atoms in total. The molecule has 0 aromatic rings. The predicted octanol–water partition coefficient (Wildman–Crippen LogP) is 2.37. The molecule has 0 aromatic heterocycles. The Balaban J connectivity index is 2.32. The molecule has 1 aliphatic rings. The summed E-state index contributed by atoms with van der Waals surface area (Å²) in [4.78, 5) is 5.00. The zero-order valence-corrected chi connectivity index (χ0v) is 14.9. The summed E-state index contributed by atoms with van der Waals surface area (Å²) in [5.41, 5.74) is 0. The van der Waals surface area contributed by atoms with Crippen LogP contribution in [-0.2, 0) is 0 Å². The molecule has 0 saturated carbocycles. The Labute approximate surface area is 125 Å². The van der Waals surface area contributed by atoms with Gasteiger partial charge in [0.2, 0.25) is 0 Å². The Morgan fingerprint density at radius 1 is 1.05 bits per heavy atom. The summed E-state index contributed by atoms with van der Waals surface area (Å²) in [5.74, 6) is 0. The molecule has 1 aliphatic heterocycles. The van der Waals surface area contributed by atoms with E-state index in [1.54, 1.807) is 0 Å². The lowest BCUT2D eigenvalue weighted by atomic mass is 10.3. The lowest BCUT2D eigenvalue weighted by molar-refractivity contribution is 0.278. The van der Waals surface area contributed by atoms with E-state index in [1.165, 1.54) is 69.1 Å². The molecule has 0 N–H and O–H groups in total. The SMILES string of the molecule is CCCN1CC[N](CC)[Al]([CH2]CCCN(C)C)[CH2]C1. The van der Waals surface area contributed by atoms with E-state index in [4.69, 9.17) is 0 Å². The molecule has 1 fully saturated rings. The number of nitrogens with zero attached hydrogens (tertiary/aromatic N) is 3. The molecule has 0 aliphatic carbocycles. The molecule has 1 rings (SSSR count).